The van der Waals surface area contributed by atoms with Gasteiger partial charge < -0.3 is 24.4 Å². The molecule has 0 aliphatic carbocycles. The summed E-state index contributed by atoms with van der Waals surface area (Å²) in [6.07, 6.45) is 5.44. The minimum Gasteiger partial charge on any atom is -0.496 e. The summed E-state index contributed by atoms with van der Waals surface area (Å²) in [5.74, 6) is 0.348. The zero-order valence-corrected chi connectivity index (χ0v) is 19.9. The van der Waals surface area contributed by atoms with Gasteiger partial charge in [0, 0.05) is 68.4 Å². The number of aromatic nitrogens is 2. The monoisotopic (exact) mass is 475 g/mol. The van der Waals surface area contributed by atoms with Gasteiger partial charge in [0.1, 0.15) is 5.75 Å². The predicted molar refractivity (Wildman–Crippen MR) is 131 cm³/mol. The van der Waals surface area contributed by atoms with Gasteiger partial charge in [0.05, 0.1) is 13.4 Å². The average molecular weight is 476 g/mol. The van der Waals surface area contributed by atoms with E-state index in [-0.39, 0.29) is 17.7 Å². The zero-order chi connectivity index (χ0) is 24.8. The van der Waals surface area contributed by atoms with E-state index in [0.29, 0.717) is 61.7 Å². The van der Waals surface area contributed by atoms with Gasteiger partial charge in [-0.3, -0.25) is 14.4 Å². The van der Waals surface area contributed by atoms with E-state index in [1.54, 1.807) is 72.0 Å². The lowest BCUT2D eigenvalue weighted by molar-refractivity contribution is -0.116. The minimum absolute atomic E-state index is 0.0733. The number of amides is 3. The van der Waals surface area contributed by atoms with Crippen molar-refractivity contribution in [3.63, 3.8) is 0 Å². The molecule has 35 heavy (non-hydrogen) atoms. The van der Waals surface area contributed by atoms with Crippen LogP contribution in [0.4, 0.5) is 5.69 Å². The summed E-state index contributed by atoms with van der Waals surface area (Å²) < 4.78 is 7.16. The number of nitrogens with zero attached hydrogens (tertiary/aromatic N) is 4. The maximum absolute atomic E-state index is 13.1. The van der Waals surface area contributed by atoms with E-state index in [2.05, 4.69) is 10.3 Å². The molecular formula is C26H29N5O4. The minimum atomic E-state index is -0.136. The van der Waals surface area contributed by atoms with Crippen LogP contribution in [0.25, 0.3) is 0 Å². The number of hydrogen-bond acceptors (Lipinski definition) is 5. The van der Waals surface area contributed by atoms with E-state index in [4.69, 9.17) is 4.74 Å². The summed E-state index contributed by atoms with van der Waals surface area (Å²) in [4.78, 5) is 45.7. The molecule has 3 aromatic rings. The van der Waals surface area contributed by atoms with E-state index in [0.717, 1.165) is 5.56 Å². The van der Waals surface area contributed by atoms with Gasteiger partial charge in [0.25, 0.3) is 11.8 Å². The highest BCUT2D eigenvalue weighted by Gasteiger charge is 2.26. The van der Waals surface area contributed by atoms with Crippen LogP contribution in [0.5, 0.6) is 5.75 Å². The fraction of sp³-hybridized carbons (Fsp3) is 0.308. The number of carbonyl (C=O) groups is 3. The van der Waals surface area contributed by atoms with Crippen molar-refractivity contribution < 1.29 is 19.1 Å². The van der Waals surface area contributed by atoms with Crippen molar-refractivity contribution in [2.45, 2.75) is 19.9 Å². The number of methoxy groups -OCH3 is 1. The Morgan fingerprint density at radius 2 is 1.66 bits per heavy atom. The highest BCUT2D eigenvalue weighted by Crippen LogP contribution is 2.21. The smallest absolute Gasteiger partial charge is 0.254 e. The first-order chi connectivity index (χ1) is 16.9. The summed E-state index contributed by atoms with van der Waals surface area (Å²) >= 11 is 0. The lowest BCUT2D eigenvalue weighted by Crippen LogP contribution is -2.50. The Kier molecular flexibility index (Phi) is 7.45. The third-order valence-corrected chi connectivity index (χ3v) is 6.06. The van der Waals surface area contributed by atoms with Crippen LogP contribution >= 0.6 is 0 Å². The van der Waals surface area contributed by atoms with Crippen LogP contribution in [-0.2, 0) is 11.3 Å². The molecule has 182 valence electrons. The average Bonchev–Trinajstić information content (AvgIpc) is 3.41. The van der Waals surface area contributed by atoms with Crippen LogP contribution in [0.3, 0.4) is 0 Å². The standard InChI is InChI=1S/C26H29N5O4/c1-19-6-7-21(17-23(19)35-2)26(34)31-14-12-30(13-15-31)25(33)20-4-3-5-22(16-20)28-24(32)8-10-29-11-9-27-18-29/h3-7,9,11,16-18H,8,10,12-15H2,1-2H3,(H,28,32). The number of nitrogens with one attached hydrogen (secondary N) is 1. The van der Waals surface area contributed by atoms with Crippen molar-refractivity contribution >= 4 is 23.4 Å². The Morgan fingerprint density at radius 1 is 0.971 bits per heavy atom. The number of ether oxygens (including phenoxy) is 1. The second kappa shape index (κ2) is 10.9. The number of benzene rings is 2. The maximum atomic E-state index is 13.1. The van der Waals surface area contributed by atoms with Crippen molar-refractivity contribution in [1.82, 2.24) is 19.4 Å². The van der Waals surface area contributed by atoms with Gasteiger partial charge >= 0.3 is 0 Å². The molecule has 0 bridgehead atoms. The van der Waals surface area contributed by atoms with Crippen LogP contribution in [0.15, 0.2) is 61.2 Å². The van der Waals surface area contributed by atoms with E-state index >= 15 is 0 Å². The molecule has 0 unspecified atom stereocenters. The van der Waals surface area contributed by atoms with Gasteiger partial charge in [0.15, 0.2) is 0 Å². The molecule has 0 radical (unpaired) electrons. The number of piperazine rings is 1. The van der Waals surface area contributed by atoms with E-state index in [1.165, 1.54) is 0 Å². The zero-order valence-electron chi connectivity index (χ0n) is 19.9. The molecular weight excluding hydrogens is 446 g/mol. The molecule has 0 saturated carbocycles. The Balaban J connectivity index is 1.32. The Labute approximate surface area is 204 Å². The summed E-state index contributed by atoms with van der Waals surface area (Å²) in [5, 5.41) is 2.85. The van der Waals surface area contributed by atoms with Crippen molar-refractivity contribution in [2.75, 3.05) is 38.6 Å². The number of carbonyl (C=O) groups excluding carboxylic acids is 3. The molecule has 1 fully saturated rings. The van der Waals surface area contributed by atoms with Crippen molar-refractivity contribution in [3.8, 4) is 5.75 Å². The number of hydrogen-bond donors (Lipinski definition) is 1. The molecule has 0 atom stereocenters. The third kappa shape index (κ3) is 5.87. The summed E-state index contributed by atoms with van der Waals surface area (Å²) in [5.41, 5.74) is 2.62. The molecule has 4 rings (SSSR count). The van der Waals surface area contributed by atoms with Crippen LogP contribution in [0, 0.1) is 6.92 Å². The summed E-state index contributed by atoms with van der Waals surface area (Å²) in [6.45, 7) is 4.24. The van der Waals surface area contributed by atoms with Crippen LogP contribution in [-0.4, -0.2) is 70.4 Å². The van der Waals surface area contributed by atoms with Gasteiger partial charge in [-0.1, -0.05) is 12.1 Å². The normalized spacial score (nSPS) is 13.4. The quantitative estimate of drug-likeness (QED) is 0.567. The summed E-state index contributed by atoms with van der Waals surface area (Å²) in [7, 11) is 1.59. The van der Waals surface area contributed by atoms with E-state index in [9.17, 15) is 14.4 Å². The highest BCUT2D eigenvalue weighted by atomic mass is 16.5. The number of anilines is 1. The van der Waals surface area contributed by atoms with Gasteiger partial charge in [-0.25, -0.2) is 4.98 Å². The largest absolute Gasteiger partial charge is 0.496 e. The second-order valence-corrected chi connectivity index (χ2v) is 8.45. The van der Waals surface area contributed by atoms with Crippen LogP contribution in [0.1, 0.15) is 32.7 Å². The van der Waals surface area contributed by atoms with Crippen molar-refractivity contribution in [2.24, 2.45) is 0 Å². The lowest BCUT2D eigenvalue weighted by Gasteiger charge is -2.35. The number of rotatable bonds is 7. The van der Waals surface area contributed by atoms with Crippen LogP contribution < -0.4 is 10.1 Å². The Bertz CT molecular complexity index is 1200. The fourth-order valence-corrected chi connectivity index (χ4v) is 4.03. The first-order valence-corrected chi connectivity index (χ1v) is 11.5. The van der Waals surface area contributed by atoms with Gasteiger partial charge in [0.2, 0.25) is 5.91 Å². The Morgan fingerprint density at radius 3 is 2.29 bits per heavy atom. The maximum Gasteiger partial charge on any atom is 0.254 e. The van der Waals surface area contributed by atoms with Gasteiger partial charge in [-0.15, -0.1) is 0 Å². The van der Waals surface area contributed by atoms with Gasteiger partial charge in [-0.05, 0) is 42.8 Å². The van der Waals surface area contributed by atoms with Crippen molar-refractivity contribution in [3.05, 3.63) is 77.9 Å². The molecule has 1 N–H and O–H groups in total. The second-order valence-electron chi connectivity index (χ2n) is 8.45. The molecule has 0 spiro atoms. The Hall–Kier alpha value is -4.14. The summed E-state index contributed by atoms with van der Waals surface area (Å²) in [6, 6.07) is 12.4. The molecule has 2 aromatic carbocycles. The SMILES string of the molecule is COc1cc(C(=O)N2CCN(C(=O)c3cccc(NC(=O)CCn4ccnc4)c3)CC2)ccc1C. The van der Waals surface area contributed by atoms with Gasteiger partial charge in [-0.2, -0.15) is 0 Å². The van der Waals surface area contributed by atoms with E-state index in [1.807, 2.05) is 17.6 Å². The fourth-order valence-electron chi connectivity index (χ4n) is 4.03. The van der Waals surface area contributed by atoms with E-state index < -0.39 is 0 Å². The van der Waals surface area contributed by atoms with Crippen molar-refractivity contribution in [1.29, 1.82) is 0 Å². The number of aryl methyl sites for hydroxylation is 2. The predicted octanol–water partition coefficient (Wildman–Crippen LogP) is 2.83. The third-order valence-electron chi connectivity index (χ3n) is 6.06. The molecule has 1 aliphatic heterocycles. The molecule has 1 aliphatic rings. The first-order valence-electron chi connectivity index (χ1n) is 11.5. The molecule has 2 heterocycles. The highest BCUT2D eigenvalue weighted by molar-refractivity contribution is 5.98. The lowest BCUT2D eigenvalue weighted by atomic mass is 10.1. The molecule has 9 nitrogen and oxygen atoms in total. The molecule has 1 saturated heterocycles. The van der Waals surface area contributed by atoms with Crippen LogP contribution in [0.2, 0.25) is 0 Å². The first kappa shape index (κ1) is 24.0. The molecule has 9 heteroatoms. The topological polar surface area (TPSA) is 96.8 Å². The number of imidazole rings is 1. The molecule has 1 aromatic heterocycles. The molecule has 3 amide bonds.